The lowest BCUT2D eigenvalue weighted by Crippen LogP contribution is -2.38. The maximum absolute atomic E-state index is 12.5. The zero-order valence-electron chi connectivity index (χ0n) is 12.0. The molecule has 1 atom stereocenters. The fourth-order valence-corrected chi connectivity index (χ4v) is 3.51. The van der Waals surface area contributed by atoms with Gasteiger partial charge in [0.1, 0.15) is 0 Å². The first-order valence-electron chi connectivity index (χ1n) is 7.45. The average molecular weight is 267 g/mol. The molecule has 0 bridgehead atoms. The summed E-state index contributed by atoms with van der Waals surface area (Å²) in [5, 5.41) is 8.80. The van der Waals surface area contributed by atoms with Crippen LogP contribution in [0.5, 0.6) is 0 Å². The SMILES string of the molecule is CC(C)CN(CCC(=O)O)C(=O)C1CC12CCCC2. The lowest BCUT2D eigenvalue weighted by Gasteiger charge is -2.25. The van der Waals surface area contributed by atoms with Crippen molar-refractivity contribution in [1.29, 1.82) is 0 Å². The van der Waals surface area contributed by atoms with Crippen molar-refractivity contribution >= 4 is 11.9 Å². The van der Waals surface area contributed by atoms with Crippen LogP contribution in [0.15, 0.2) is 0 Å². The number of amides is 1. The maximum Gasteiger partial charge on any atom is 0.305 e. The van der Waals surface area contributed by atoms with Crippen LogP contribution in [0.25, 0.3) is 0 Å². The Hall–Kier alpha value is -1.06. The van der Waals surface area contributed by atoms with Gasteiger partial charge >= 0.3 is 5.97 Å². The fraction of sp³-hybridized carbons (Fsp3) is 0.867. The Morgan fingerprint density at radius 3 is 2.47 bits per heavy atom. The minimum absolute atomic E-state index is 0.0537. The van der Waals surface area contributed by atoms with E-state index >= 15 is 0 Å². The van der Waals surface area contributed by atoms with Crippen molar-refractivity contribution < 1.29 is 14.7 Å². The first-order valence-corrected chi connectivity index (χ1v) is 7.45. The summed E-state index contributed by atoms with van der Waals surface area (Å²) in [5.74, 6) is -0.0525. The van der Waals surface area contributed by atoms with Gasteiger partial charge < -0.3 is 10.0 Å². The van der Waals surface area contributed by atoms with Crippen molar-refractivity contribution in [2.75, 3.05) is 13.1 Å². The van der Waals surface area contributed by atoms with Crippen LogP contribution in [0, 0.1) is 17.3 Å². The van der Waals surface area contributed by atoms with E-state index in [1.165, 1.54) is 25.7 Å². The highest BCUT2D eigenvalue weighted by atomic mass is 16.4. The molecule has 108 valence electrons. The van der Waals surface area contributed by atoms with Gasteiger partial charge in [-0.25, -0.2) is 0 Å². The molecular formula is C15H25NO3. The first-order chi connectivity index (χ1) is 8.94. The lowest BCUT2D eigenvalue weighted by atomic mass is 10.0. The van der Waals surface area contributed by atoms with E-state index in [1.807, 2.05) is 0 Å². The molecule has 2 aliphatic carbocycles. The van der Waals surface area contributed by atoms with Crippen LogP contribution in [0.2, 0.25) is 0 Å². The molecular weight excluding hydrogens is 242 g/mol. The average Bonchev–Trinajstić information content (AvgIpc) is 2.81. The number of carboxylic acids is 1. The van der Waals surface area contributed by atoms with Crippen LogP contribution in [-0.4, -0.2) is 35.0 Å². The smallest absolute Gasteiger partial charge is 0.305 e. The van der Waals surface area contributed by atoms with E-state index in [-0.39, 0.29) is 18.2 Å². The van der Waals surface area contributed by atoms with E-state index < -0.39 is 5.97 Å². The van der Waals surface area contributed by atoms with Crippen LogP contribution in [0.1, 0.15) is 52.4 Å². The third-order valence-corrected chi connectivity index (χ3v) is 4.58. The van der Waals surface area contributed by atoms with Gasteiger partial charge in [-0.15, -0.1) is 0 Å². The molecule has 0 aromatic rings. The number of carboxylic acid groups (broad SMARTS) is 1. The first kappa shape index (κ1) is 14.4. The molecule has 2 fully saturated rings. The Labute approximate surface area is 115 Å². The predicted molar refractivity (Wildman–Crippen MR) is 72.7 cm³/mol. The van der Waals surface area contributed by atoms with Gasteiger partial charge in [0, 0.05) is 19.0 Å². The third-order valence-electron chi connectivity index (χ3n) is 4.58. The third kappa shape index (κ3) is 3.28. The minimum atomic E-state index is -0.826. The van der Waals surface area contributed by atoms with Gasteiger partial charge in [0.15, 0.2) is 0 Å². The predicted octanol–water partition coefficient (Wildman–Crippen LogP) is 2.53. The number of aliphatic carboxylic acids is 1. The highest BCUT2D eigenvalue weighted by Gasteiger charge is 2.59. The molecule has 1 N–H and O–H groups in total. The van der Waals surface area contributed by atoms with Gasteiger partial charge in [-0.05, 0) is 30.6 Å². The quantitative estimate of drug-likeness (QED) is 0.804. The van der Waals surface area contributed by atoms with Crippen LogP contribution in [0.3, 0.4) is 0 Å². The Morgan fingerprint density at radius 2 is 1.95 bits per heavy atom. The van der Waals surface area contributed by atoms with Crippen LogP contribution in [0.4, 0.5) is 0 Å². The molecule has 0 radical (unpaired) electrons. The summed E-state index contributed by atoms with van der Waals surface area (Å²) in [7, 11) is 0. The minimum Gasteiger partial charge on any atom is -0.481 e. The second-order valence-corrected chi connectivity index (χ2v) is 6.65. The Balaban J connectivity index is 1.93. The largest absolute Gasteiger partial charge is 0.481 e. The standard InChI is InChI=1S/C15H25NO3/c1-11(2)10-16(8-5-13(17)18)14(19)12-9-15(12)6-3-4-7-15/h11-12H,3-10H2,1-2H3,(H,17,18). The Morgan fingerprint density at radius 1 is 1.32 bits per heavy atom. The van der Waals surface area contributed by atoms with Gasteiger partial charge in [-0.3, -0.25) is 9.59 Å². The van der Waals surface area contributed by atoms with Crippen LogP contribution < -0.4 is 0 Å². The molecule has 2 rings (SSSR count). The molecule has 2 aliphatic rings. The van der Waals surface area contributed by atoms with Crippen molar-refractivity contribution in [2.24, 2.45) is 17.3 Å². The van der Waals surface area contributed by atoms with Crippen LogP contribution >= 0.6 is 0 Å². The Kier molecular flexibility index (Phi) is 4.16. The molecule has 1 spiro atoms. The van der Waals surface area contributed by atoms with E-state index in [1.54, 1.807) is 4.90 Å². The summed E-state index contributed by atoms with van der Waals surface area (Å²) in [5.41, 5.74) is 0.301. The number of carbonyl (C=O) groups excluding carboxylic acids is 1. The van der Waals surface area contributed by atoms with E-state index in [4.69, 9.17) is 5.11 Å². The van der Waals surface area contributed by atoms with Crippen molar-refractivity contribution in [3.05, 3.63) is 0 Å². The molecule has 0 aromatic carbocycles. The molecule has 1 amide bonds. The maximum atomic E-state index is 12.5. The van der Waals surface area contributed by atoms with Crippen LogP contribution in [-0.2, 0) is 9.59 Å². The fourth-order valence-electron chi connectivity index (χ4n) is 3.51. The monoisotopic (exact) mass is 267 g/mol. The van der Waals surface area contributed by atoms with Crippen molar-refractivity contribution in [3.63, 3.8) is 0 Å². The van der Waals surface area contributed by atoms with Crippen molar-refractivity contribution in [2.45, 2.75) is 52.4 Å². The second-order valence-electron chi connectivity index (χ2n) is 6.65. The zero-order chi connectivity index (χ0) is 14.0. The molecule has 4 nitrogen and oxygen atoms in total. The highest BCUT2D eigenvalue weighted by molar-refractivity contribution is 5.83. The summed E-state index contributed by atoms with van der Waals surface area (Å²) in [6.45, 7) is 5.18. The van der Waals surface area contributed by atoms with E-state index in [9.17, 15) is 9.59 Å². The molecule has 19 heavy (non-hydrogen) atoms. The second kappa shape index (κ2) is 5.51. The molecule has 2 saturated carbocycles. The van der Waals surface area contributed by atoms with Gasteiger partial charge in [-0.2, -0.15) is 0 Å². The highest BCUT2D eigenvalue weighted by Crippen LogP contribution is 2.63. The molecule has 1 unspecified atom stereocenters. The van der Waals surface area contributed by atoms with Crippen molar-refractivity contribution in [1.82, 2.24) is 4.90 Å². The van der Waals surface area contributed by atoms with E-state index in [0.29, 0.717) is 24.4 Å². The number of hydrogen-bond donors (Lipinski definition) is 1. The molecule has 0 heterocycles. The summed E-state index contributed by atoms with van der Waals surface area (Å²) in [6, 6.07) is 0. The van der Waals surface area contributed by atoms with E-state index in [2.05, 4.69) is 13.8 Å². The zero-order valence-corrected chi connectivity index (χ0v) is 12.0. The molecule has 0 aromatic heterocycles. The molecule has 0 saturated heterocycles. The number of carbonyl (C=O) groups is 2. The molecule has 4 heteroatoms. The summed E-state index contributed by atoms with van der Waals surface area (Å²) >= 11 is 0. The summed E-state index contributed by atoms with van der Waals surface area (Å²) in [4.78, 5) is 25.0. The summed E-state index contributed by atoms with van der Waals surface area (Å²) < 4.78 is 0. The normalized spacial score (nSPS) is 23.8. The topological polar surface area (TPSA) is 57.6 Å². The number of hydrogen-bond acceptors (Lipinski definition) is 2. The molecule has 0 aliphatic heterocycles. The van der Waals surface area contributed by atoms with Gasteiger partial charge in [0.25, 0.3) is 0 Å². The lowest BCUT2D eigenvalue weighted by molar-refractivity contribution is -0.139. The Bertz CT molecular complexity index is 358. The number of nitrogens with zero attached hydrogens (tertiary/aromatic N) is 1. The van der Waals surface area contributed by atoms with Gasteiger partial charge in [0.2, 0.25) is 5.91 Å². The van der Waals surface area contributed by atoms with E-state index in [0.717, 1.165) is 6.42 Å². The summed E-state index contributed by atoms with van der Waals surface area (Å²) in [6.07, 6.45) is 5.98. The number of rotatable bonds is 6. The van der Waals surface area contributed by atoms with Gasteiger partial charge in [0.05, 0.1) is 6.42 Å². The van der Waals surface area contributed by atoms with Crippen molar-refractivity contribution in [3.8, 4) is 0 Å². The van der Waals surface area contributed by atoms with Gasteiger partial charge in [-0.1, -0.05) is 26.7 Å².